The van der Waals surface area contributed by atoms with E-state index in [1.54, 1.807) is 4.90 Å². The molecule has 1 N–H and O–H groups in total. The van der Waals surface area contributed by atoms with Gasteiger partial charge in [-0.2, -0.15) is 0 Å². The van der Waals surface area contributed by atoms with Gasteiger partial charge in [-0.1, -0.05) is 37.7 Å². The van der Waals surface area contributed by atoms with Gasteiger partial charge >= 0.3 is 0 Å². The van der Waals surface area contributed by atoms with E-state index >= 15 is 0 Å². The average Bonchev–Trinajstić information content (AvgIpc) is 2.84. The Kier molecular flexibility index (Phi) is 5.06. The summed E-state index contributed by atoms with van der Waals surface area (Å²) in [6, 6.07) is 7.92. The van der Waals surface area contributed by atoms with Gasteiger partial charge in [0.05, 0.1) is 0 Å². The lowest BCUT2D eigenvalue weighted by Gasteiger charge is -2.14. The number of carbonyl (C=O) groups is 2. The van der Waals surface area contributed by atoms with Crippen LogP contribution >= 0.6 is 11.8 Å². The fraction of sp³-hybridized carbons (Fsp3) is 0.467. The molecule has 1 unspecified atom stereocenters. The molecule has 20 heavy (non-hydrogen) atoms. The highest BCUT2D eigenvalue weighted by molar-refractivity contribution is 8.13. The zero-order valence-electron chi connectivity index (χ0n) is 11.9. The summed E-state index contributed by atoms with van der Waals surface area (Å²) in [5, 5.41) is 2.82. The van der Waals surface area contributed by atoms with E-state index in [0.717, 1.165) is 17.9 Å². The molecule has 2 rings (SSSR count). The third-order valence-electron chi connectivity index (χ3n) is 3.56. The van der Waals surface area contributed by atoms with Crippen LogP contribution in [0.25, 0.3) is 0 Å². The molecule has 0 saturated carbocycles. The maximum atomic E-state index is 11.9. The number of nitrogens with zero attached hydrogens (tertiary/aromatic N) is 1. The topological polar surface area (TPSA) is 49.4 Å². The first kappa shape index (κ1) is 14.9. The number of hydrogen-bond acceptors (Lipinski definition) is 3. The summed E-state index contributed by atoms with van der Waals surface area (Å²) in [6.45, 7) is 5.14. The summed E-state index contributed by atoms with van der Waals surface area (Å²) in [7, 11) is 0. The van der Waals surface area contributed by atoms with E-state index in [2.05, 4.69) is 19.2 Å². The first-order valence-electron chi connectivity index (χ1n) is 6.91. The van der Waals surface area contributed by atoms with E-state index in [1.165, 1.54) is 17.3 Å². The Morgan fingerprint density at radius 1 is 1.40 bits per heavy atom. The average molecular weight is 292 g/mol. The second kappa shape index (κ2) is 6.79. The van der Waals surface area contributed by atoms with E-state index in [1.807, 2.05) is 24.3 Å². The fourth-order valence-electron chi connectivity index (χ4n) is 2.07. The molecule has 1 heterocycles. The van der Waals surface area contributed by atoms with Gasteiger partial charge in [-0.05, 0) is 30.0 Å². The van der Waals surface area contributed by atoms with Crippen molar-refractivity contribution in [1.82, 2.24) is 4.90 Å². The second-order valence-electron chi connectivity index (χ2n) is 5.02. The van der Waals surface area contributed by atoms with Crippen LogP contribution in [0.1, 0.15) is 31.7 Å². The third-order valence-corrected chi connectivity index (χ3v) is 4.45. The van der Waals surface area contributed by atoms with E-state index < -0.39 is 0 Å². The van der Waals surface area contributed by atoms with Crippen LogP contribution in [0.2, 0.25) is 0 Å². The van der Waals surface area contributed by atoms with Crippen LogP contribution in [0.5, 0.6) is 0 Å². The number of rotatable bonds is 5. The number of benzene rings is 1. The summed E-state index contributed by atoms with van der Waals surface area (Å²) < 4.78 is 0. The Hall–Kier alpha value is -1.49. The molecule has 0 aromatic heterocycles. The number of thioether (sulfide) groups is 1. The highest BCUT2D eigenvalue weighted by Crippen LogP contribution is 2.21. The van der Waals surface area contributed by atoms with Gasteiger partial charge < -0.3 is 10.2 Å². The minimum Gasteiger partial charge on any atom is -0.325 e. The van der Waals surface area contributed by atoms with Gasteiger partial charge in [0.1, 0.15) is 6.54 Å². The zero-order valence-corrected chi connectivity index (χ0v) is 12.7. The lowest BCUT2D eigenvalue weighted by atomic mass is 9.99. The molecule has 4 nitrogen and oxygen atoms in total. The Morgan fingerprint density at radius 2 is 2.10 bits per heavy atom. The number of anilines is 1. The maximum Gasteiger partial charge on any atom is 0.282 e. The van der Waals surface area contributed by atoms with Gasteiger partial charge in [0.15, 0.2) is 0 Å². The first-order valence-corrected chi connectivity index (χ1v) is 7.90. The standard InChI is InChI=1S/C15H20N2O2S/c1-3-11(2)12-4-6-13(7-5-12)16-14(18)10-17-8-9-20-15(17)19/h4-7,11H,3,8-10H2,1-2H3,(H,16,18). The molecule has 2 amide bonds. The SMILES string of the molecule is CCC(C)c1ccc(NC(=O)CN2CCSC2=O)cc1. The Bertz CT molecular complexity index is 487. The molecule has 108 valence electrons. The molecule has 1 saturated heterocycles. The van der Waals surface area contributed by atoms with Gasteiger partial charge in [-0.25, -0.2) is 0 Å². The third kappa shape index (κ3) is 3.76. The Morgan fingerprint density at radius 3 is 2.65 bits per heavy atom. The molecule has 1 aromatic carbocycles. The van der Waals surface area contributed by atoms with E-state index in [4.69, 9.17) is 0 Å². The quantitative estimate of drug-likeness (QED) is 0.906. The smallest absolute Gasteiger partial charge is 0.282 e. The van der Waals surface area contributed by atoms with Crippen LogP contribution in [0.3, 0.4) is 0 Å². The van der Waals surface area contributed by atoms with E-state index in [9.17, 15) is 9.59 Å². The van der Waals surface area contributed by atoms with Gasteiger partial charge in [-0.15, -0.1) is 0 Å². The summed E-state index contributed by atoms with van der Waals surface area (Å²) in [5.74, 6) is 1.16. The number of nitrogens with one attached hydrogen (secondary N) is 1. The lowest BCUT2D eigenvalue weighted by Crippen LogP contribution is -2.33. The minimum absolute atomic E-state index is 0.00716. The normalized spacial score (nSPS) is 16.3. The Balaban J connectivity index is 1.89. The van der Waals surface area contributed by atoms with Crippen molar-refractivity contribution >= 4 is 28.6 Å². The number of carbonyl (C=O) groups excluding carboxylic acids is 2. The van der Waals surface area contributed by atoms with Crippen LogP contribution in [-0.2, 0) is 4.79 Å². The zero-order chi connectivity index (χ0) is 14.5. The van der Waals surface area contributed by atoms with Crippen molar-refractivity contribution in [3.05, 3.63) is 29.8 Å². The van der Waals surface area contributed by atoms with Crippen LogP contribution in [-0.4, -0.2) is 34.9 Å². The van der Waals surface area contributed by atoms with Crippen LogP contribution < -0.4 is 5.32 Å². The second-order valence-corrected chi connectivity index (χ2v) is 6.06. The van der Waals surface area contributed by atoms with Crippen molar-refractivity contribution in [3.63, 3.8) is 0 Å². The molecule has 5 heteroatoms. The highest BCUT2D eigenvalue weighted by atomic mass is 32.2. The molecule has 0 spiro atoms. The van der Waals surface area contributed by atoms with Gasteiger partial charge in [-0.3, -0.25) is 9.59 Å². The largest absolute Gasteiger partial charge is 0.325 e. The fourth-order valence-corrected chi connectivity index (χ4v) is 2.90. The van der Waals surface area contributed by atoms with Crippen molar-refractivity contribution in [2.24, 2.45) is 0 Å². The van der Waals surface area contributed by atoms with Crippen molar-refractivity contribution in [1.29, 1.82) is 0 Å². The maximum absolute atomic E-state index is 11.9. The number of hydrogen-bond donors (Lipinski definition) is 1. The molecule has 1 aliphatic rings. The molecular weight excluding hydrogens is 272 g/mol. The van der Waals surface area contributed by atoms with Crippen LogP contribution in [0.15, 0.2) is 24.3 Å². The molecule has 1 aliphatic heterocycles. The summed E-state index contributed by atoms with van der Waals surface area (Å²) in [4.78, 5) is 24.9. The lowest BCUT2D eigenvalue weighted by molar-refractivity contribution is -0.116. The highest BCUT2D eigenvalue weighted by Gasteiger charge is 2.23. The monoisotopic (exact) mass is 292 g/mol. The predicted octanol–water partition coefficient (Wildman–Crippen LogP) is 3.31. The molecule has 0 bridgehead atoms. The van der Waals surface area contributed by atoms with Crippen molar-refractivity contribution in [3.8, 4) is 0 Å². The van der Waals surface area contributed by atoms with E-state index in [-0.39, 0.29) is 17.7 Å². The van der Waals surface area contributed by atoms with Crippen LogP contribution in [0.4, 0.5) is 10.5 Å². The van der Waals surface area contributed by atoms with Crippen LogP contribution in [0, 0.1) is 0 Å². The predicted molar refractivity (Wildman–Crippen MR) is 83.2 cm³/mol. The van der Waals surface area contributed by atoms with Gasteiger partial charge in [0.2, 0.25) is 5.91 Å². The molecule has 0 radical (unpaired) electrons. The molecule has 1 fully saturated rings. The van der Waals surface area contributed by atoms with Gasteiger partial charge in [0.25, 0.3) is 5.24 Å². The summed E-state index contributed by atoms with van der Waals surface area (Å²) in [6.07, 6.45) is 1.10. The van der Waals surface area contributed by atoms with Crippen molar-refractivity contribution < 1.29 is 9.59 Å². The first-order chi connectivity index (χ1) is 9.60. The molecule has 1 atom stereocenters. The van der Waals surface area contributed by atoms with Gasteiger partial charge in [0, 0.05) is 18.0 Å². The molecular formula is C15H20N2O2S. The van der Waals surface area contributed by atoms with Crippen molar-refractivity contribution in [2.45, 2.75) is 26.2 Å². The minimum atomic E-state index is -0.142. The molecule has 0 aliphatic carbocycles. The summed E-state index contributed by atoms with van der Waals surface area (Å²) in [5.41, 5.74) is 2.05. The number of amides is 2. The van der Waals surface area contributed by atoms with Crippen molar-refractivity contribution in [2.75, 3.05) is 24.2 Å². The Labute approximate surface area is 123 Å². The molecule has 1 aromatic rings. The van der Waals surface area contributed by atoms with E-state index in [0.29, 0.717) is 12.5 Å². The summed E-state index contributed by atoms with van der Waals surface area (Å²) >= 11 is 1.27.